The molecule has 0 bridgehead atoms. The Bertz CT molecular complexity index is 447. The molecule has 0 saturated carbocycles. The Labute approximate surface area is 95.7 Å². The van der Waals surface area contributed by atoms with E-state index in [4.69, 9.17) is 11.6 Å². The summed E-state index contributed by atoms with van der Waals surface area (Å²) in [7, 11) is 0. The number of benzene rings is 1. The zero-order chi connectivity index (χ0) is 9.42. The number of fused-ring (bicyclic) bond motifs is 1. The van der Waals surface area contributed by atoms with Gasteiger partial charge in [-0.15, -0.1) is 35.7 Å². The van der Waals surface area contributed by atoms with E-state index in [1.54, 1.807) is 23.1 Å². The van der Waals surface area contributed by atoms with Crippen LogP contribution in [0.25, 0.3) is 10.1 Å². The lowest BCUT2D eigenvalue weighted by atomic mass is 10.3. The summed E-state index contributed by atoms with van der Waals surface area (Å²) in [5.41, 5.74) is 0. The summed E-state index contributed by atoms with van der Waals surface area (Å²) in [6.07, 6.45) is 2.07. The Morgan fingerprint density at radius 2 is 2.15 bits per heavy atom. The fourth-order valence-corrected chi connectivity index (χ4v) is 3.63. The standard InChI is InChI=1S/C9H7ClS3/c1-12-7-4-6(11)2-5-3-8(10)13-9(5)7/h2-4,11H,1H3. The minimum Gasteiger partial charge on any atom is -0.143 e. The molecular weight excluding hydrogens is 240 g/mol. The van der Waals surface area contributed by atoms with Crippen molar-refractivity contribution < 1.29 is 0 Å². The number of rotatable bonds is 1. The van der Waals surface area contributed by atoms with E-state index in [1.807, 2.05) is 12.1 Å². The molecule has 4 heteroatoms. The van der Waals surface area contributed by atoms with E-state index < -0.39 is 0 Å². The maximum Gasteiger partial charge on any atom is 0.0941 e. The van der Waals surface area contributed by atoms with Crippen LogP contribution in [0.15, 0.2) is 28.0 Å². The van der Waals surface area contributed by atoms with E-state index in [1.165, 1.54) is 15.0 Å². The molecule has 13 heavy (non-hydrogen) atoms. The van der Waals surface area contributed by atoms with Crippen molar-refractivity contribution in [2.75, 3.05) is 6.26 Å². The minimum absolute atomic E-state index is 0.837. The van der Waals surface area contributed by atoms with E-state index in [0.29, 0.717) is 0 Å². The van der Waals surface area contributed by atoms with Gasteiger partial charge in [0.15, 0.2) is 0 Å². The Kier molecular flexibility index (Phi) is 2.79. The van der Waals surface area contributed by atoms with E-state index in [0.717, 1.165) is 9.23 Å². The zero-order valence-corrected chi connectivity index (χ0v) is 10.2. The summed E-state index contributed by atoms with van der Waals surface area (Å²) in [4.78, 5) is 2.24. The molecular formula is C9H7ClS3. The zero-order valence-electron chi connectivity index (χ0n) is 6.87. The van der Waals surface area contributed by atoms with E-state index in [2.05, 4.69) is 25.0 Å². The van der Waals surface area contributed by atoms with Crippen LogP contribution in [0.5, 0.6) is 0 Å². The van der Waals surface area contributed by atoms with Gasteiger partial charge in [-0.3, -0.25) is 0 Å². The highest BCUT2D eigenvalue weighted by molar-refractivity contribution is 7.99. The molecule has 68 valence electrons. The molecule has 0 nitrogen and oxygen atoms in total. The summed E-state index contributed by atoms with van der Waals surface area (Å²) in [6.45, 7) is 0. The van der Waals surface area contributed by atoms with Gasteiger partial charge in [0.05, 0.1) is 4.34 Å². The highest BCUT2D eigenvalue weighted by atomic mass is 35.5. The van der Waals surface area contributed by atoms with Gasteiger partial charge in [0.25, 0.3) is 0 Å². The summed E-state index contributed by atoms with van der Waals surface area (Å²) >= 11 is 13.6. The SMILES string of the molecule is CSc1cc(S)cc2cc(Cl)sc12. The number of hydrogen-bond acceptors (Lipinski definition) is 3. The second-order valence-electron chi connectivity index (χ2n) is 2.62. The quantitative estimate of drug-likeness (QED) is 0.568. The number of thiol groups is 1. The van der Waals surface area contributed by atoms with Gasteiger partial charge >= 0.3 is 0 Å². The largest absolute Gasteiger partial charge is 0.143 e. The highest BCUT2D eigenvalue weighted by Crippen LogP contribution is 2.37. The van der Waals surface area contributed by atoms with Crippen molar-refractivity contribution in [3.05, 3.63) is 22.5 Å². The molecule has 0 atom stereocenters. The lowest BCUT2D eigenvalue weighted by molar-refractivity contribution is 1.42. The third-order valence-electron chi connectivity index (χ3n) is 1.76. The normalized spacial score (nSPS) is 11.0. The van der Waals surface area contributed by atoms with Crippen molar-refractivity contribution in [1.29, 1.82) is 0 Å². The van der Waals surface area contributed by atoms with Crippen LogP contribution in [0.1, 0.15) is 0 Å². The van der Waals surface area contributed by atoms with Crippen LogP contribution in [0, 0.1) is 0 Å². The van der Waals surface area contributed by atoms with Gasteiger partial charge in [-0.2, -0.15) is 0 Å². The molecule has 0 aliphatic carbocycles. The first kappa shape index (κ1) is 9.71. The molecule has 0 unspecified atom stereocenters. The third-order valence-corrected chi connectivity index (χ3v) is 4.22. The topological polar surface area (TPSA) is 0 Å². The fraction of sp³-hybridized carbons (Fsp3) is 0.111. The minimum atomic E-state index is 0.837. The van der Waals surface area contributed by atoms with Crippen LogP contribution in [0.2, 0.25) is 4.34 Å². The van der Waals surface area contributed by atoms with Crippen molar-refractivity contribution in [3.8, 4) is 0 Å². The van der Waals surface area contributed by atoms with Crippen LogP contribution in [-0.2, 0) is 0 Å². The lowest BCUT2D eigenvalue weighted by Crippen LogP contribution is -1.71. The molecule has 0 fully saturated rings. The first-order chi connectivity index (χ1) is 6.20. The molecule has 0 N–H and O–H groups in total. The molecule has 2 aromatic rings. The Morgan fingerprint density at radius 1 is 1.38 bits per heavy atom. The predicted octanol–water partition coefficient (Wildman–Crippen LogP) is 4.57. The van der Waals surface area contributed by atoms with Crippen molar-refractivity contribution in [2.45, 2.75) is 9.79 Å². The van der Waals surface area contributed by atoms with E-state index >= 15 is 0 Å². The molecule has 0 amide bonds. The maximum atomic E-state index is 5.95. The summed E-state index contributed by atoms with van der Waals surface area (Å²) < 4.78 is 2.10. The van der Waals surface area contributed by atoms with Crippen molar-refractivity contribution in [2.24, 2.45) is 0 Å². The Morgan fingerprint density at radius 3 is 2.85 bits per heavy atom. The predicted molar refractivity (Wildman–Crippen MR) is 65.9 cm³/mol. The monoisotopic (exact) mass is 246 g/mol. The van der Waals surface area contributed by atoms with Crippen LogP contribution in [0.4, 0.5) is 0 Å². The van der Waals surface area contributed by atoms with Crippen molar-refractivity contribution in [1.82, 2.24) is 0 Å². The van der Waals surface area contributed by atoms with Gasteiger partial charge in [0.1, 0.15) is 0 Å². The van der Waals surface area contributed by atoms with Gasteiger partial charge in [-0.25, -0.2) is 0 Å². The first-order valence-electron chi connectivity index (χ1n) is 3.67. The second-order valence-corrected chi connectivity index (χ2v) is 5.66. The van der Waals surface area contributed by atoms with E-state index in [-0.39, 0.29) is 0 Å². The fourth-order valence-electron chi connectivity index (χ4n) is 1.23. The number of thioether (sulfide) groups is 1. The summed E-state index contributed by atoms with van der Waals surface area (Å²) in [6, 6.07) is 6.10. The summed E-state index contributed by atoms with van der Waals surface area (Å²) in [5, 5.41) is 1.19. The highest BCUT2D eigenvalue weighted by Gasteiger charge is 2.05. The maximum absolute atomic E-state index is 5.95. The van der Waals surface area contributed by atoms with Gasteiger partial charge < -0.3 is 0 Å². The average molecular weight is 247 g/mol. The molecule has 2 rings (SSSR count). The third kappa shape index (κ3) is 1.84. The van der Waals surface area contributed by atoms with Gasteiger partial charge in [0, 0.05) is 14.5 Å². The van der Waals surface area contributed by atoms with Crippen LogP contribution in [0.3, 0.4) is 0 Å². The van der Waals surface area contributed by atoms with Gasteiger partial charge in [-0.1, -0.05) is 11.6 Å². The number of hydrogen-bond donors (Lipinski definition) is 1. The average Bonchev–Trinajstić information content (AvgIpc) is 2.43. The molecule has 1 heterocycles. The van der Waals surface area contributed by atoms with Gasteiger partial charge in [0.2, 0.25) is 0 Å². The summed E-state index contributed by atoms with van der Waals surface area (Å²) in [5.74, 6) is 0. The van der Waals surface area contributed by atoms with Crippen LogP contribution < -0.4 is 0 Å². The molecule has 1 aromatic carbocycles. The molecule has 0 aliphatic rings. The van der Waals surface area contributed by atoms with Crippen LogP contribution >= 0.6 is 47.3 Å². The molecule has 0 radical (unpaired) electrons. The van der Waals surface area contributed by atoms with Crippen molar-refractivity contribution >= 4 is 57.4 Å². The molecule has 0 aliphatic heterocycles. The lowest BCUT2D eigenvalue weighted by Gasteiger charge is -1.99. The second kappa shape index (κ2) is 3.73. The first-order valence-corrected chi connectivity index (χ1v) is 6.53. The smallest absolute Gasteiger partial charge is 0.0941 e. The van der Waals surface area contributed by atoms with Gasteiger partial charge in [-0.05, 0) is 29.8 Å². The Balaban J connectivity index is 2.80. The number of thiophene rings is 1. The molecule has 1 aromatic heterocycles. The van der Waals surface area contributed by atoms with Crippen LogP contribution in [-0.4, -0.2) is 6.26 Å². The molecule has 0 spiro atoms. The van der Waals surface area contributed by atoms with E-state index in [9.17, 15) is 0 Å². The van der Waals surface area contributed by atoms with Crippen molar-refractivity contribution in [3.63, 3.8) is 0 Å². The molecule has 0 saturated heterocycles. The number of halogens is 1. The Hall–Kier alpha value is 0.170.